The molecule has 6 nitrogen and oxygen atoms in total. The molecular weight excluding hydrogens is 248 g/mol. The molecule has 0 unspecified atom stereocenters. The van der Waals surface area contributed by atoms with Crippen LogP contribution in [0.25, 0.3) is 0 Å². The van der Waals surface area contributed by atoms with E-state index in [0.717, 1.165) is 17.7 Å². The summed E-state index contributed by atoms with van der Waals surface area (Å²) in [4.78, 5) is 32.5. The third kappa shape index (κ3) is 6.62. The number of nitrogens with one attached hydrogen (secondary N) is 1. The fraction of sp³-hybridized carbons (Fsp3) is 0.154. The van der Waals surface area contributed by atoms with Crippen molar-refractivity contribution in [2.24, 2.45) is 5.73 Å². The van der Waals surface area contributed by atoms with Crippen molar-refractivity contribution in [1.82, 2.24) is 5.32 Å². The van der Waals surface area contributed by atoms with Gasteiger partial charge in [0.15, 0.2) is 0 Å². The molecule has 1 aromatic carbocycles. The molecule has 0 aromatic heterocycles. The second-order valence-electron chi connectivity index (χ2n) is 3.59. The number of hydrogen-bond donors (Lipinski definition) is 2. The second-order valence-corrected chi connectivity index (χ2v) is 3.59. The first kappa shape index (κ1) is 14.4. The molecule has 0 heterocycles. The van der Waals surface area contributed by atoms with Crippen LogP contribution in [0.5, 0.6) is 0 Å². The number of carbonyl (C=O) groups excluding carboxylic acids is 3. The molecule has 1 rings (SSSR count). The summed E-state index contributed by atoms with van der Waals surface area (Å²) in [7, 11) is 0. The summed E-state index contributed by atoms with van der Waals surface area (Å²) in [5, 5.41) is 1.79. The average molecular weight is 262 g/mol. The van der Waals surface area contributed by atoms with Crippen molar-refractivity contribution in [3.8, 4) is 0 Å². The molecule has 0 saturated carbocycles. The van der Waals surface area contributed by atoms with Gasteiger partial charge in [-0.1, -0.05) is 30.3 Å². The highest BCUT2D eigenvalue weighted by molar-refractivity contribution is 6.02. The average Bonchev–Trinajstić information content (AvgIpc) is 2.37. The topological polar surface area (TPSA) is 98.5 Å². The number of nitrogens with two attached hydrogens (primary N) is 1. The summed E-state index contributed by atoms with van der Waals surface area (Å²) in [5.41, 5.74) is 5.77. The predicted molar refractivity (Wildman–Crippen MR) is 68.0 cm³/mol. The van der Waals surface area contributed by atoms with Crippen molar-refractivity contribution in [2.75, 3.05) is 6.61 Å². The van der Waals surface area contributed by atoms with Crippen molar-refractivity contribution in [3.05, 3.63) is 48.0 Å². The molecule has 100 valence electrons. The van der Waals surface area contributed by atoms with Crippen LogP contribution >= 0.6 is 0 Å². The van der Waals surface area contributed by atoms with Gasteiger partial charge in [0.1, 0.15) is 0 Å². The number of esters is 1. The molecule has 19 heavy (non-hydrogen) atoms. The minimum Gasteiger partial charge on any atom is -0.462 e. The first-order valence-corrected chi connectivity index (χ1v) is 5.57. The Kier molecular flexibility index (Phi) is 5.81. The number of rotatable bonds is 5. The van der Waals surface area contributed by atoms with Gasteiger partial charge in [0, 0.05) is 18.6 Å². The number of ether oxygens (including phenoxy) is 1. The number of carbonyl (C=O) groups is 3. The molecule has 0 aliphatic rings. The van der Waals surface area contributed by atoms with Gasteiger partial charge in [-0.25, -0.2) is 9.59 Å². The third-order valence-corrected chi connectivity index (χ3v) is 2.10. The van der Waals surface area contributed by atoms with E-state index >= 15 is 0 Å². The molecule has 0 aliphatic heterocycles. The predicted octanol–water partition coefficient (Wildman–Crippen LogP) is 0.523. The largest absolute Gasteiger partial charge is 0.462 e. The minimum absolute atomic E-state index is 0.213. The van der Waals surface area contributed by atoms with Crippen LogP contribution in [0.2, 0.25) is 0 Å². The molecular formula is C13H14N2O4. The Hall–Kier alpha value is -2.63. The van der Waals surface area contributed by atoms with Gasteiger partial charge in [-0.15, -0.1) is 0 Å². The fourth-order valence-corrected chi connectivity index (χ4v) is 1.27. The molecule has 0 spiro atoms. The van der Waals surface area contributed by atoms with E-state index in [2.05, 4.69) is 0 Å². The van der Waals surface area contributed by atoms with Crippen molar-refractivity contribution in [2.45, 2.75) is 6.42 Å². The van der Waals surface area contributed by atoms with Crippen LogP contribution in [0, 0.1) is 0 Å². The van der Waals surface area contributed by atoms with E-state index in [9.17, 15) is 14.4 Å². The lowest BCUT2D eigenvalue weighted by Gasteiger charge is -2.02. The summed E-state index contributed by atoms with van der Waals surface area (Å²) in [5.74, 6) is -1.43. The molecule has 0 aliphatic carbocycles. The maximum Gasteiger partial charge on any atom is 0.330 e. The van der Waals surface area contributed by atoms with Crippen molar-refractivity contribution in [3.63, 3.8) is 0 Å². The maximum atomic E-state index is 11.2. The summed E-state index contributed by atoms with van der Waals surface area (Å²) in [6.45, 7) is 0.213. The van der Waals surface area contributed by atoms with Crippen LogP contribution in [0.15, 0.2) is 42.5 Å². The van der Waals surface area contributed by atoms with E-state index in [1.807, 2.05) is 30.3 Å². The van der Waals surface area contributed by atoms with Crippen LogP contribution in [-0.4, -0.2) is 24.5 Å². The zero-order chi connectivity index (χ0) is 14.1. The number of urea groups is 1. The monoisotopic (exact) mass is 262 g/mol. The molecule has 3 amide bonds. The molecule has 0 bridgehead atoms. The maximum absolute atomic E-state index is 11.2. The molecule has 0 atom stereocenters. The second kappa shape index (κ2) is 7.65. The van der Waals surface area contributed by atoms with E-state index in [0.29, 0.717) is 6.42 Å². The van der Waals surface area contributed by atoms with Crippen LogP contribution in [0.1, 0.15) is 5.56 Å². The Morgan fingerprint density at radius 1 is 1.16 bits per heavy atom. The zero-order valence-electron chi connectivity index (χ0n) is 10.2. The fourth-order valence-electron chi connectivity index (χ4n) is 1.27. The van der Waals surface area contributed by atoms with Gasteiger partial charge in [-0.3, -0.25) is 10.1 Å². The van der Waals surface area contributed by atoms with E-state index in [4.69, 9.17) is 10.5 Å². The lowest BCUT2D eigenvalue weighted by atomic mass is 10.2. The number of amides is 3. The van der Waals surface area contributed by atoms with E-state index in [1.165, 1.54) is 0 Å². The smallest absolute Gasteiger partial charge is 0.330 e. The van der Waals surface area contributed by atoms with E-state index < -0.39 is 17.9 Å². The van der Waals surface area contributed by atoms with E-state index in [1.54, 1.807) is 5.32 Å². The summed E-state index contributed by atoms with van der Waals surface area (Å²) < 4.78 is 4.88. The number of hydrogen-bond acceptors (Lipinski definition) is 4. The summed E-state index contributed by atoms with van der Waals surface area (Å²) >= 11 is 0. The highest BCUT2D eigenvalue weighted by Gasteiger charge is 2.02. The van der Waals surface area contributed by atoms with Crippen LogP contribution in [0.3, 0.4) is 0 Å². The number of benzene rings is 1. The number of primary amides is 1. The zero-order valence-corrected chi connectivity index (χ0v) is 10.2. The Bertz CT molecular complexity index is 483. The quantitative estimate of drug-likeness (QED) is 0.597. The Balaban J connectivity index is 2.26. The Morgan fingerprint density at radius 3 is 2.47 bits per heavy atom. The normalized spacial score (nSPS) is 10.1. The lowest BCUT2D eigenvalue weighted by Crippen LogP contribution is -2.33. The third-order valence-electron chi connectivity index (χ3n) is 2.10. The van der Waals surface area contributed by atoms with E-state index in [-0.39, 0.29) is 6.61 Å². The van der Waals surface area contributed by atoms with Gasteiger partial charge in [-0.05, 0) is 5.56 Å². The lowest BCUT2D eigenvalue weighted by molar-refractivity contribution is -0.137. The Morgan fingerprint density at radius 2 is 1.84 bits per heavy atom. The standard InChI is InChI=1S/C13H14N2O4/c14-13(18)15-11(16)6-7-12(17)19-9-8-10-4-2-1-3-5-10/h1-7H,8-9H2,(H3,14,15,16,18)/b7-6+. The molecule has 0 radical (unpaired) electrons. The highest BCUT2D eigenvalue weighted by atomic mass is 16.5. The first-order chi connectivity index (χ1) is 9.08. The van der Waals surface area contributed by atoms with Gasteiger partial charge in [0.2, 0.25) is 0 Å². The van der Waals surface area contributed by atoms with Crippen LogP contribution in [0.4, 0.5) is 4.79 Å². The van der Waals surface area contributed by atoms with Gasteiger partial charge in [0.25, 0.3) is 5.91 Å². The minimum atomic E-state index is -0.980. The molecule has 1 aromatic rings. The SMILES string of the molecule is NC(=O)NC(=O)/C=C/C(=O)OCCc1ccccc1. The van der Waals surface area contributed by atoms with Gasteiger partial charge >= 0.3 is 12.0 Å². The Labute approximate surface area is 110 Å². The highest BCUT2D eigenvalue weighted by Crippen LogP contribution is 1.99. The summed E-state index contributed by atoms with van der Waals surface area (Å²) in [6.07, 6.45) is 2.41. The summed E-state index contributed by atoms with van der Waals surface area (Å²) in [6, 6.07) is 8.55. The van der Waals surface area contributed by atoms with Crippen molar-refractivity contribution >= 4 is 17.9 Å². The molecule has 0 saturated heterocycles. The van der Waals surface area contributed by atoms with Crippen molar-refractivity contribution in [1.29, 1.82) is 0 Å². The van der Waals surface area contributed by atoms with Gasteiger partial charge < -0.3 is 10.5 Å². The first-order valence-electron chi connectivity index (χ1n) is 5.57. The van der Waals surface area contributed by atoms with Crippen LogP contribution in [-0.2, 0) is 20.7 Å². The number of imide groups is 1. The van der Waals surface area contributed by atoms with Crippen molar-refractivity contribution < 1.29 is 19.1 Å². The van der Waals surface area contributed by atoms with Gasteiger partial charge in [-0.2, -0.15) is 0 Å². The van der Waals surface area contributed by atoms with Crippen LogP contribution < -0.4 is 11.1 Å². The molecule has 3 N–H and O–H groups in total. The molecule has 6 heteroatoms. The van der Waals surface area contributed by atoms with Gasteiger partial charge in [0.05, 0.1) is 6.61 Å². The molecule has 0 fully saturated rings.